The highest BCUT2D eigenvalue weighted by Crippen LogP contribution is 2.34. The Balaban J connectivity index is 1.69. The van der Waals surface area contributed by atoms with E-state index in [1.807, 2.05) is 30.6 Å². The molecule has 0 amide bonds. The summed E-state index contributed by atoms with van der Waals surface area (Å²) in [6.45, 7) is 0. The number of aromatic nitrogens is 4. The van der Waals surface area contributed by atoms with Gasteiger partial charge in [-0.05, 0) is 30.3 Å². The lowest BCUT2D eigenvalue weighted by Crippen LogP contribution is -2.50. The Bertz CT molecular complexity index is 1300. The van der Waals surface area contributed by atoms with E-state index < -0.39 is 0 Å². The molecule has 0 fully saturated rings. The molecule has 6 rings (SSSR count). The van der Waals surface area contributed by atoms with Crippen molar-refractivity contribution < 1.29 is 13.6 Å². The quantitative estimate of drug-likeness (QED) is 0.460. The molecular weight excluding hydrogens is 329 g/mol. The Labute approximate surface area is 147 Å². The number of fused-ring (bicyclic) bond motifs is 7. The SMILES string of the molecule is N#Cc1ccc2c(n1)CC1c3c(ccc[n+]3-2)-n2c3ccc(F)cc3c[n+]21. The molecule has 1 atom stereocenters. The predicted octanol–water partition coefficient (Wildman–Crippen LogP) is 2.06. The highest BCUT2D eigenvalue weighted by Gasteiger charge is 2.50. The van der Waals surface area contributed by atoms with Crippen molar-refractivity contribution in [3.05, 3.63) is 77.8 Å². The first-order valence-electron chi connectivity index (χ1n) is 8.42. The van der Waals surface area contributed by atoms with Gasteiger partial charge in [-0.25, -0.2) is 9.37 Å². The summed E-state index contributed by atoms with van der Waals surface area (Å²) in [5, 5.41) is 10.1. The summed E-state index contributed by atoms with van der Waals surface area (Å²) in [5.74, 6) is -0.236. The first-order chi connectivity index (χ1) is 12.7. The monoisotopic (exact) mass is 341 g/mol. The molecule has 0 N–H and O–H groups in total. The molecule has 2 aliphatic heterocycles. The van der Waals surface area contributed by atoms with Gasteiger partial charge in [-0.2, -0.15) is 9.83 Å². The zero-order chi connectivity index (χ0) is 17.4. The molecule has 4 aromatic rings. The molecule has 2 aliphatic rings. The van der Waals surface area contributed by atoms with Crippen molar-refractivity contribution in [2.45, 2.75) is 12.5 Å². The van der Waals surface area contributed by atoms with E-state index in [1.165, 1.54) is 11.8 Å². The van der Waals surface area contributed by atoms with Crippen molar-refractivity contribution in [3.8, 4) is 17.4 Å². The fraction of sp³-hybridized carbons (Fsp3) is 0.100. The minimum Gasteiger partial charge on any atom is -0.235 e. The van der Waals surface area contributed by atoms with Crippen molar-refractivity contribution in [1.82, 2.24) is 9.67 Å². The van der Waals surface area contributed by atoms with Gasteiger partial charge < -0.3 is 0 Å². The van der Waals surface area contributed by atoms with Gasteiger partial charge in [-0.3, -0.25) is 0 Å². The standard InChI is InChI=1S/C20H12FN5/c21-13-3-5-16-12(8-13)11-25-19-9-15-17(6-4-14(10-22)23-15)24-7-1-2-18(20(19)24)26(16)25/h1-8,11,19H,9H2/q+2. The minimum atomic E-state index is -0.236. The highest BCUT2D eigenvalue weighted by atomic mass is 19.1. The van der Waals surface area contributed by atoms with E-state index in [9.17, 15) is 9.65 Å². The van der Waals surface area contributed by atoms with E-state index in [0.717, 1.165) is 28.0 Å². The van der Waals surface area contributed by atoms with E-state index >= 15 is 0 Å². The van der Waals surface area contributed by atoms with Gasteiger partial charge in [0.25, 0.3) is 11.7 Å². The van der Waals surface area contributed by atoms with Crippen LogP contribution in [-0.4, -0.2) is 9.67 Å². The van der Waals surface area contributed by atoms with Crippen molar-refractivity contribution in [2.24, 2.45) is 0 Å². The van der Waals surface area contributed by atoms with Crippen LogP contribution in [0.2, 0.25) is 0 Å². The number of halogens is 1. The van der Waals surface area contributed by atoms with Crippen LogP contribution >= 0.6 is 0 Å². The van der Waals surface area contributed by atoms with E-state index in [2.05, 4.69) is 31.1 Å². The van der Waals surface area contributed by atoms with Gasteiger partial charge in [0.1, 0.15) is 28.8 Å². The maximum absolute atomic E-state index is 13.7. The lowest BCUT2D eigenvalue weighted by atomic mass is 9.99. The van der Waals surface area contributed by atoms with E-state index in [0.29, 0.717) is 12.1 Å². The van der Waals surface area contributed by atoms with E-state index in [1.54, 1.807) is 12.1 Å². The van der Waals surface area contributed by atoms with E-state index in [4.69, 9.17) is 0 Å². The number of hydrogen-bond acceptors (Lipinski definition) is 2. The molecule has 5 nitrogen and oxygen atoms in total. The minimum absolute atomic E-state index is 0.0654. The smallest absolute Gasteiger partial charge is 0.235 e. The van der Waals surface area contributed by atoms with Crippen molar-refractivity contribution in [2.75, 3.05) is 0 Å². The maximum Gasteiger partial charge on any atom is 0.289 e. The Hall–Kier alpha value is -3.59. The molecule has 0 saturated carbocycles. The summed E-state index contributed by atoms with van der Waals surface area (Å²) < 4.78 is 20.1. The second-order valence-electron chi connectivity index (χ2n) is 6.67. The topological polar surface area (TPSA) is 49.4 Å². The number of benzene rings is 1. The second kappa shape index (κ2) is 4.52. The Morgan fingerprint density at radius 2 is 2.15 bits per heavy atom. The van der Waals surface area contributed by atoms with Crippen molar-refractivity contribution >= 4 is 10.9 Å². The van der Waals surface area contributed by atoms with Gasteiger partial charge in [-0.1, -0.05) is 4.68 Å². The van der Waals surface area contributed by atoms with Gasteiger partial charge in [-0.15, -0.1) is 4.68 Å². The van der Waals surface area contributed by atoms with Crippen LogP contribution in [0.3, 0.4) is 0 Å². The van der Waals surface area contributed by atoms with Gasteiger partial charge in [0.05, 0.1) is 11.8 Å². The number of hydrogen-bond donors (Lipinski definition) is 0. The van der Waals surface area contributed by atoms with Crippen LogP contribution in [0.1, 0.15) is 23.1 Å². The van der Waals surface area contributed by atoms with Crippen molar-refractivity contribution in [3.63, 3.8) is 0 Å². The summed E-state index contributed by atoms with van der Waals surface area (Å²) >= 11 is 0. The molecule has 0 saturated heterocycles. The zero-order valence-electron chi connectivity index (χ0n) is 13.6. The first-order valence-corrected chi connectivity index (χ1v) is 8.42. The van der Waals surface area contributed by atoms with Gasteiger partial charge in [0.2, 0.25) is 11.9 Å². The lowest BCUT2D eigenvalue weighted by Gasteiger charge is -2.13. The van der Waals surface area contributed by atoms with Crippen LogP contribution in [0.25, 0.3) is 22.3 Å². The molecule has 5 heterocycles. The first kappa shape index (κ1) is 13.7. The third-order valence-corrected chi connectivity index (χ3v) is 5.31. The predicted molar refractivity (Wildman–Crippen MR) is 89.3 cm³/mol. The molecule has 6 heteroatoms. The molecule has 0 spiro atoms. The molecule has 0 bridgehead atoms. The summed E-state index contributed by atoms with van der Waals surface area (Å²) in [4.78, 5) is 4.53. The van der Waals surface area contributed by atoms with Crippen LogP contribution in [0.4, 0.5) is 4.39 Å². The summed E-state index contributed by atoms with van der Waals surface area (Å²) in [7, 11) is 0. The molecule has 0 aliphatic carbocycles. The van der Waals surface area contributed by atoms with Crippen LogP contribution < -0.4 is 9.25 Å². The van der Waals surface area contributed by atoms with Gasteiger partial charge >= 0.3 is 0 Å². The Morgan fingerprint density at radius 3 is 3.04 bits per heavy atom. The largest absolute Gasteiger partial charge is 0.289 e. The van der Waals surface area contributed by atoms with Gasteiger partial charge in [0, 0.05) is 12.1 Å². The average Bonchev–Trinajstić information content (AvgIpc) is 3.17. The number of nitrogens with zero attached hydrogens (tertiary/aromatic N) is 5. The van der Waals surface area contributed by atoms with E-state index in [-0.39, 0.29) is 11.9 Å². The van der Waals surface area contributed by atoms with Crippen LogP contribution in [0.15, 0.2) is 54.9 Å². The third-order valence-electron chi connectivity index (χ3n) is 5.31. The zero-order valence-corrected chi connectivity index (χ0v) is 13.6. The molecular formula is C20H12FN5+2. The molecule has 3 aromatic heterocycles. The molecule has 1 unspecified atom stereocenters. The Kier molecular flexibility index (Phi) is 2.38. The summed E-state index contributed by atoms with van der Waals surface area (Å²) in [6, 6.07) is 14.9. The Morgan fingerprint density at radius 1 is 1.23 bits per heavy atom. The number of pyridine rings is 2. The van der Waals surface area contributed by atoms with Crippen LogP contribution in [0.5, 0.6) is 0 Å². The number of nitriles is 1. The normalized spacial score (nSPS) is 16.1. The van der Waals surface area contributed by atoms with Crippen LogP contribution in [0, 0.1) is 17.1 Å². The molecule has 1 aromatic carbocycles. The second-order valence-corrected chi connectivity index (χ2v) is 6.67. The maximum atomic E-state index is 13.7. The molecule has 26 heavy (non-hydrogen) atoms. The van der Waals surface area contributed by atoms with Gasteiger partial charge in [0.15, 0.2) is 11.9 Å². The van der Waals surface area contributed by atoms with Crippen LogP contribution in [-0.2, 0) is 6.42 Å². The summed E-state index contributed by atoms with van der Waals surface area (Å²) in [6.07, 6.45) is 4.73. The third kappa shape index (κ3) is 1.55. The fourth-order valence-electron chi connectivity index (χ4n) is 4.28. The lowest BCUT2D eigenvalue weighted by molar-refractivity contribution is -0.785. The highest BCUT2D eigenvalue weighted by molar-refractivity contribution is 5.79. The fourth-order valence-corrected chi connectivity index (χ4v) is 4.28. The molecule has 122 valence electrons. The van der Waals surface area contributed by atoms with Crippen molar-refractivity contribution in [1.29, 1.82) is 5.26 Å². The molecule has 0 radical (unpaired) electrons. The average molecular weight is 341 g/mol. The number of rotatable bonds is 0. The summed E-state index contributed by atoms with van der Waals surface area (Å²) in [5.41, 5.74) is 5.60.